The van der Waals surface area contributed by atoms with Crippen molar-refractivity contribution in [2.45, 2.75) is 26.4 Å². The third kappa shape index (κ3) is 2.73. The van der Waals surface area contributed by atoms with Crippen molar-refractivity contribution in [3.8, 4) is 0 Å². The van der Waals surface area contributed by atoms with E-state index in [1.165, 1.54) is 4.90 Å². The molecule has 1 atom stereocenters. The summed E-state index contributed by atoms with van der Waals surface area (Å²) in [5.74, 6) is 1.20. The number of carbonyl (C=O) groups is 1. The smallest absolute Gasteiger partial charge is 0.407 e. The molecule has 1 unspecified atom stereocenters. The monoisotopic (exact) mass is 240 g/mol. The summed E-state index contributed by atoms with van der Waals surface area (Å²) < 4.78 is 4.90. The van der Waals surface area contributed by atoms with Crippen molar-refractivity contribution in [2.75, 3.05) is 19.6 Å². The molecule has 0 aromatic carbocycles. The fourth-order valence-corrected chi connectivity index (χ4v) is 2.07. The second kappa shape index (κ2) is 4.70. The zero-order chi connectivity index (χ0) is 12.4. The highest BCUT2D eigenvalue weighted by atomic mass is 16.5. The minimum atomic E-state index is -0.854. The molecule has 1 fully saturated rings. The number of aromatic nitrogens is 2. The number of hydrogen-bond donors (Lipinski definition) is 1. The Morgan fingerprint density at radius 2 is 2.35 bits per heavy atom. The summed E-state index contributed by atoms with van der Waals surface area (Å²) >= 11 is 0. The van der Waals surface area contributed by atoms with Crippen LogP contribution >= 0.6 is 0 Å². The van der Waals surface area contributed by atoms with Crippen molar-refractivity contribution in [2.24, 2.45) is 0 Å². The van der Waals surface area contributed by atoms with Crippen LogP contribution in [-0.4, -0.2) is 56.8 Å². The largest absolute Gasteiger partial charge is 0.465 e. The van der Waals surface area contributed by atoms with Crippen LogP contribution in [0.2, 0.25) is 0 Å². The van der Waals surface area contributed by atoms with Crippen molar-refractivity contribution in [3.63, 3.8) is 0 Å². The Balaban J connectivity index is 1.91. The number of rotatable bonds is 2. The number of carboxylic acid groups (broad SMARTS) is 1. The lowest BCUT2D eigenvalue weighted by atomic mass is 10.2. The average molecular weight is 240 g/mol. The highest BCUT2D eigenvalue weighted by molar-refractivity contribution is 5.65. The molecule has 17 heavy (non-hydrogen) atoms. The Labute approximate surface area is 99.0 Å². The molecule has 1 aliphatic heterocycles. The SMILES string of the molecule is Cc1nc(CN2CCN(C(=O)O)C(C)C2)no1. The molecule has 7 nitrogen and oxygen atoms in total. The summed E-state index contributed by atoms with van der Waals surface area (Å²) in [5.41, 5.74) is 0. The highest BCUT2D eigenvalue weighted by Crippen LogP contribution is 2.11. The molecule has 7 heteroatoms. The van der Waals surface area contributed by atoms with Gasteiger partial charge in [-0.3, -0.25) is 4.90 Å². The van der Waals surface area contributed by atoms with Crippen molar-refractivity contribution >= 4 is 6.09 Å². The lowest BCUT2D eigenvalue weighted by Crippen LogP contribution is -2.53. The van der Waals surface area contributed by atoms with Crippen molar-refractivity contribution in [3.05, 3.63) is 11.7 Å². The van der Waals surface area contributed by atoms with Crippen LogP contribution < -0.4 is 0 Å². The van der Waals surface area contributed by atoms with E-state index in [2.05, 4.69) is 15.0 Å². The fourth-order valence-electron chi connectivity index (χ4n) is 2.07. The molecule has 0 radical (unpaired) electrons. The lowest BCUT2D eigenvalue weighted by molar-refractivity contribution is 0.0697. The fraction of sp³-hybridized carbons (Fsp3) is 0.700. The summed E-state index contributed by atoms with van der Waals surface area (Å²) in [7, 11) is 0. The topological polar surface area (TPSA) is 82.7 Å². The quantitative estimate of drug-likeness (QED) is 0.813. The Kier molecular flexibility index (Phi) is 3.28. The summed E-state index contributed by atoms with van der Waals surface area (Å²) in [6.45, 7) is 6.18. The number of piperazine rings is 1. The van der Waals surface area contributed by atoms with Crippen LogP contribution in [0.25, 0.3) is 0 Å². The van der Waals surface area contributed by atoms with E-state index >= 15 is 0 Å². The predicted molar refractivity (Wildman–Crippen MR) is 58.5 cm³/mol. The number of aryl methyl sites for hydroxylation is 1. The van der Waals surface area contributed by atoms with Crippen molar-refractivity contribution in [1.29, 1.82) is 0 Å². The Bertz CT molecular complexity index is 406. The van der Waals surface area contributed by atoms with Gasteiger partial charge >= 0.3 is 6.09 Å². The van der Waals surface area contributed by atoms with E-state index in [-0.39, 0.29) is 6.04 Å². The third-order valence-electron chi connectivity index (χ3n) is 2.89. The van der Waals surface area contributed by atoms with Crippen LogP contribution in [0.5, 0.6) is 0 Å². The van der Waals surface area contributed by atoms with Crippen LogP contribution in [-0.2, 0) is 6.54 Å². The van der Waals surface area contributed by atoms with E-state index < -0.39 is 6.09 Å². The first-order valence-corrected chi connectivity index (χ1v) is 5.57. The minimum absolute atomic E-state index is 0.00533. The van der Waals surface area contributed by atoms with Crippen molar-refractivity contribution in [1.82, 2.24) is 19.9 Å². The van der Waals surface area contributed by atoms with E-state index in [9.17, 15) is 4.79 Å². The second-order valence-electron chi connectivity index (χ2n) is 4.29. The molecule has 1 aromatic rings. The molecule has 0 aliphatic carbocycles. The molecule has 94 valence electrons. The number of hydrogen-bond acceptors (Lipinski definition) is 5. The van der Waals surface area contributed by atoms with Gasteiger partial charge in [0.15, 0.2) is 5.82 Å². The van der Waals surface area contributed by atoms with Gasteiger partial charge < -0.3 is 14.5 Å². The van der Waals surface area contributed by atoms with E-state index in [0.717, 1.165) is 0 Å². The van der Waals surface area contributed by atoms with Crippen LogP contribution in [0.15, 0.2) is 4.52 Å². The van der Waals surface area contributed by atoms with Gasteiger partial charge in [-0.15, -0.1) is 0 Å². The van der Waals surface area contributed by atoms with Gasteiger partial charge in [-0.05, 0) is 6.92 Å². The van der Waals surface area contributed by atoms with Crippen LogP contribution in [0, 0.1) is 6.92 Å². The van der Waals surface area contributed by atoms with E-state index in [4.69, 9.17) is 9.63 Å². The zero-order valence-corrected chi connectivity index (χ0v) is 9.96. The van der Waals surface area contributed by atoms with Gasteiger partial charge in [0.2, 0.25) is 5.89 Å². The van der Waals surface area contributed by atoms with E-state index in [1.807, 2.05) is 6.92 Å². The predicted octanol–water partition coefficient (Wildman–Crippen LogP) is 0.562. The normalized spacial score (nSPS) is 21.8. The first kappa shape index (κ1) is 11.8. The van der Waals surface area contributed by atoms with Gasteiger partial charge in [0, 0.05) is 32.6 Å². The lowest BCUT2D eigenvalue weighted by Gasteiger charge is -2.37. The van der Waals surface area contributed by atoms with Gasteiger partial charge in [-0.1, -0.05) is 5.16 Å². The molecule has 1 N–H and O–H groups in total. The van der Waals surface area contributed by atoms with Gasteiger partial charge in [0.1, 0.15) is 0 Å². The molecule has 1 amide bonds. The van der Waals surface area contributed by atoms with Crippen molar-refractivity contribution < 1.29 is 14.4 Å². The molecule has 1 saturated heterocycles. The molecular weight excluding hydrogens is 224 g/mol. The number of nitrogens with zero attached hydrogens (tertiary/aromatic N) is 4. The molecule has 1 aliphatic rings. The summed E-state index contributed by atoms with van der Waals surface area (Å²) in [6, 6.07) is -0.00533. The van der Waals surface area contributed by atoms with Gasteiger partial charge in [-0.25, -0.2) is 4.79 Å². The summed E-state index contributed by atoms with van der Waals surface area (Å²) in [6.07, 6.45) is -0.854. The average Bonchev–Trinajstić information content (AvgIpc) is 2.63. The maximum absolute atomic E-state index is 10.9. The van der Waals surface area contributed by atoms with Crippen LogP contribution in [0.3, 0.4) is 0 Å². The first-order chi connectivity index (χ1) is 8.06. The minimum Gasteiger partial charge on any atom is -0.465 e. The maximum Gasteiger partial charge on any atom is 0.407 e. The summed E-state index contributed by atoms with van der Waals surface area (Å²) in [4.78, 5) is 18.6. The van der Waals surface area contributed by atoms with Crippen LogP contribution in [0.1, 0.15) is 18.6 Å². The molecule has 2 heterocycles. The summed E-state index contributed by atoms with van der Waals surface area (Å²) in [5, 5.41) is 12.8. The maximum atomic E-state index is 10.9. The first-order valence-electron chi connectivity index (χ1n) is 5.57. The Morgan fingerprint density at radius 3 is 2.88 bits per heavy atom. The second-order valence-corrected chi connectivity index (χ2v) is 4.29. The van der Waals surface area contributed by atoms with Gasteiger partial charge in [-0.2, -0.15) is 4.98 Å². The Morgan fingerprint density at radius 1 is 1.59 bits per heavy atom. The third-order valence-corrected chi connectivity index (χ3v) is 2.89. The van der Waals surface area contributed by atoms with E-state index in [0.29, 0.717) is 37.9 Å². The molecule has 1 aromatic heterocycles. The molecular formula is C10H16N4O3. The van der Waals surface area contributed by atoms with E-state index in [1.54, 1.807) is 6.92 Å². The molecule has 0 saturated carbocycles. The number of amides is 1. The molecule has 0 spiro atoms. The molecule has 2 rings (SSSR count). The van der Waals surface area contributed by atoms with Gasteiger partial charge in [0.25, 0.3) is 0 Å². The molecule has 0 bridgehead atoms. The van der Waals surface area contributed by atoms with Crippen LogP contribution in [0.4, 0.5) is 4.79 Å². The highest BCUT2D eigenvalue weighted by Gasteiger charge is 2.27. The van der Waals surface area contributed by atoms with Gasteiger partial charge in [0.05, 0.1) is 6.54 Å². The standard InChI is InChI=1S/C10H16N4O3/c1-7-5-13(3-4-14(7)10(15)16)6-9-11-8(2)17-12-9/h7H,3-6H2,1-2H3,(H,15,16). The Hall–Kier alpha value is -1.63. The zero-order valence-electron chi connectivity index (χ0n) is 9.96.